The van der Waals surface area contributed by atoms with E-state index in [9.17, 15) is 4.79 Å². The zero-order valence-corrected chi connectivity index (χ0v) is 12.5. The number of aromatic nitrogens is 3. The molecular weight excluding hydrogens is 298 g/mol. The Kier molecular flexibility index (Phi) is 5.37. The van der Waals surface area contributed by atoms with E-state index in [1.165, 1.54) is 11.3 Å². The molecule has 0 spiro atoms. The van der Waals surface area contributed by atoms with Gasteiger partial charge in [0.05, 0.1) is 16.9 Å². The third-order valence-corrected chi connectivity index (χ3v) is 3.58. The van der Waals surface area contributed by atoms with Crippen molar-refractivity contribution in [3.63, 3.8) is 0 Å². The van der Waals surface area contributed by atoms with Crippen molar-refractivity contribution in [1.82, 2.24) is 20.1 Å². The highest BCUT2D eigenvalue weighted by Crippen LogP contribution is 2.12. The van der Waals surface area contributed by atoms with Crippen LogP contribution in [0.25, 0.3) is 0 Å². The predicted molar refractivity (Wildman–Crippen MR) is 79.7 cm³/mol. The molecule has 0 aromatic carbocycles. The lowest BCUT2D eigenvalue weighted by Crippen LogP contribution is -2.25. The highest BCUT2D eigenvalue weighted by molar-refractivity contribution is 7.13. The van der Waals surface area contributed by atoms with E-state index < -0.39 is 0 Å². The number of halogens is 1. The first-order chi connectivity index (χ1) is 9.63. The Morgan fingerprint density at radius 1 is 1.55 bits per heavy atom. The van der Waals surface area contributed by atoms with Crippen LogP contribution in [0.3, 0.4) is 0 Å². The van der Waals surface area contributed by atoms with E-state index in [2.05, 4.69) is 15.4 Å². The molecule has 2 aromatic rings. The summed E-state index contributed by atoms with van der Waals surface area (Å²) in [5.74, 6) is 0.0232. The van der Waals surface area contributed by atoms with Crippen molar-refractivity contribution in [2.24, 2.45) is 0 Å². The zero-order valence-electron chi connectivity index (χ0n) is 10.9. The third-order valence-electron chi connectivity index (χ3n) is 2.67. The van der Waals surface area contributed by atoms with Crippen LogP contribution in [0.1, 0.15) is 18.5 Å². The first-order valence-corrected chi connectivity index (χ1v) is 7.54. The SMILES string of the molecule is Nc1nc(CCC(=O)NCCCn2cc(Cl)cn2)cs1. The molecule has 0 saturated carbocycles. The standard InChI is InChI=1S/C12H16ClN5OS/c13-9-6-16-18(7-9)5-1-4-15-11(19)3-2-10-8-20-12(14)17-10/h6-8H,1-5H2,(H2,14,17)(H,15,19). The second-order valence-corrected chi connectivity index (χ2v) is 5.63. The normalized spacial score (nSPS) is 10.7. The Bertz CT molecular complexity index is 568. The molecule has 2 heterocycles. The highest BCUT2D eigenvalue weighted by atomic mass is 35.5. The largest absolute Gasteiger partial charge is 0.375 e. The molecule has 2 aromatic heterocycles. The van der Waals surface area contributed by atoms with Crippen LogP contribution >= 0.6 is 22.9 Å². The van der Waals surface area contributed by atoms with Gasteiger partial charge in [-0.25, -0.2) is 4.98 Å². The van der Waals surface area contributed by atoms with Crippen molar-refractivity contribution in [2.45, 2.75) is 25.8 Å². The highest BCUT2D eigenvalue weighted by Gasteiger charge is 2.04. The van der Waals surface area contributed by atoms with E-state index in [0.29, 0.717) is 29.5 Å². The summed E-state index contributed by atoms with van der Waals surface area (Å²) >= 11 is 7.15. The molecule has 0 saturated heterocycles. The van der Waals surface area contributed by atoms with Gasteiger partial charge in [-0.3, -0.25) is 9.48 Å². The van der Waals surface area contributed by atoms with Gasteiger partial charge in [0.15, 0.2) is 5.13 Å². The molecule has 108 valence electrons. The summed E-state index contributed by atoms with van der Waals surface area (Å²) in [6, 6.07) is 0. The van der Waals surface area contributed by atoms with E-state index in [-0.39, 0.29) is 5.91 Å². The molecule has 0 bridgehead atoms. The average Bonchev–Trinajstić information content (AvgIpc) is 3.01. The van der Waals surface area contributed by atoms with E-state index in [1.54, 1.807) is 17.1 Å². The first-order valence-electron chi connectivity index (χ1n) is 6.28. The van der Waals surface area contributed by atoms with Crippen LogP contribution in [0.4, 0.5) is 5.13 Å². The van der Waals surface area contributed by atoms with E-state index in [4.69, 9.17) is 17.3 Å². The molecule has 6 nitrogen and oxygen atoms in total. The van der Waals surface area contributed by atoms with Crippen molar-refractivity contribution in [3.05, 3.63) is 28.5 Å². The van der Waals surface area contributed by atoms with Gasteiger partial charge in [0.25, 0.3) is 0 Å². The van der Waals surface area contributed by atoms with Crippen LogP contribution in [0.5, 0.6) is 0 Å². The Hall–Kier alpha value is -1.60. The van der Waals surface area contributed by atoms with Crippen molar-refractivity contribution in [2.75, 3.05) is 12.3 Å². The second kappa shape index (κ2) is 7.25. The van der Waals surface area contributed by atoms with Crippen molar-refractivity contribution < 1.29 is 4.79 Å². The minimum atomic E-state index is 0.0232. The molecule has 0 unspecified atom stereocenters. The number of nitrogens with two attached hydrogens (primary N) is 1. The second-order valence-electron chi connectivity index (χ2n) is 4.30. The average molecular weight is 314 g/mol. The number of nitrogens with zero attached hydrogens (tertiary/aromatic N) is 3. The van der Waals surface area contributed by atoms with E-state index >= 15 is 0 Å². The van der Waals surface area contributed by atoms with Gasteiger partial charge < -0.3 is 11.1 Å². The molecule has 1 amide bonds. The number of thiazole rings is 1. The fourth-order valence-electron chi connectivity index (χ4n) is 1.70. The molecule has 20 heavy (non-hydrogen) atoms. The maximum Gasteiger partial charge on any atom is 0.220 e. The summed E-state index contributed by atoms with van der Waals surface area (Å²) in [5.41, 5.74) is 6.40. The van der Waals surface area contributed by atoms with Crippen molar-refractivity contribution in [3.8, 4) is 0 Å². The maximum absolute atomic E-state index is 11.6. The zero-order chi connectivity index (χ0) is 14.4. The van der Waals surface area contributed by atoms with Gasteiger partial charge in [-0.1, -0.05) is 11.6 Å². The Morgan fingerprint density at radius 3 is 3.05 bits per heavy atom. The van der Waals surface area contributed by atoms with E-state index in [1.807, 2.05) is 5.38 Å². The van der Waals surface area contributed by atoms with E-state index in [0.717, 1.165) is 18.7 Å². The summed E-state index contributed by atoms with van der Waals surface area (Å²) in [4.78, 5) is 15.7. The predicted octanol–water partition coefficient (Wildman–Crippen LogP) is 1.71. The summed E-state index contributed by atoms with van der Waals surface area (Å²) in [6.45, 7) is 1.35. The topological polar surface area (TPSA) is 85.8 Å². The van der Waals surface area contributed by atoms with Gasteiger partial charge in [-0.2, -0.15) is 5.10 Å². The van der Waals surface area contributed by atoms with Gasteiger partial charge in [0, 0.05) is 31.1 Å². The van der Waals surface area contributed by atoms with Crippen molar-refractivity contribution >= 4 is 34.0 Å². The number of amides is 1. The maximum atomic E-state index is 11.6. The number of nitrogens with one attached hydrogen (secondary N) is 1. The lowest BCUT2D eigenvalue weighted by molar-refractivity contribution is -0.121. The summed E-state index contributed by atoms with van der Waals surface area (Å²) < 4.78 is 1.76. The number of anilines is 1. The lowest BCUT2D eigenvalue weighted by atomic mass is 10.2. The van der Waals surface area contributed by atoms with Crippen LogP contribution < -0.4 is 11.1 Å². The van der Waals surface area contributed by atoms with Crippen LogP contribution in [0, 0.1) is 0 Å². The summed E-state index contributed by atoms with van der Waals surface area (Å²) in [6.07, 6.45) is 5.22. The molecule has 0 radical (unpaired) electrons. The van der Waals surface area contributed by atoms with Gasteiger partial charge in [-0.15, -0.1) is 11.3 Å². The van der Waals surface area contributed by atoms with Crippen molar-refractivity contribution in [1.29, 1.82) is 0 Å². The molecule has 3 N–H and O–H groups in total. The molecule has 0 aliphatic rings. The number of rotatable bonds is 7. The molecule has 2 rings (SSSR count). The quantitative estimate of drug-likeness (QED) is 0.762. The number of nitrogen functional groups attached to an aromatic ring is 1. The smallest absolute Gasteiger partial charge is 0.220 e. The summed E-state index contributed by atoms with van der Waals surface area (Å²) in [5, 5.41) is 9.97. The monoisotopic (exact) mass is 313 g/mol. The third kappa shape index (κ3) is 4.82. The molecule has 8 heteroatoms. The van der Waals surface area contributed by atoms with Gasteiger partial charge in [0.2, 0.25) is 5.91 Å². The van der Waals surface area contributed by atoms with Crippen LogP contribution in [0.2, 0.25) is 5.02 Å². The molecule has 0 aliphatic carbocycles. The number of hydrogen-bond donors (Lipinski definition) is 2. The number of carbonyl (C=O) groups excluding carboxylic acids is 1. The molecule has 0 atom stereocenters. The number of carbonyl (C=O) groups is 1. The Balaban J connectivity index is 1.58. The van der Waals surface area contributed by atoms with Crippen LogP contribution in [0.15, 0.2) is 17.8 Å². The molecule has 0 fully saturated rings. The summed E-state index contributed by atoms with van der Waals surface area (Å²) in [7, 11) is 0. The minimum Gasteiger partial charge on any atom is -0.375 e. The first kappa shape index (κ1) is 14.8. The van der Waals surface area contributed by atoms with Crippen LogP contribution in [-0.4, -0.2) is 27.2 Å². The lowest BCUT2D eigenvalue weighted by Gasteiger charge is -2.04. The number of aryl methyl sites for hydroxylation is 2. The van der Waals surface area contributed by atoms with Crippen LogP contribution in [-0.2, 0) is 17.8 Å². The minimum absolute atomic E-state index is 0.0232. The van der Waals surface area contributed by atoms with Gasteiger partial charge >= 0.3 is 0 Å². The van der Waals surface area contributed by atoms with Gasteiger partial charge in [-0.05, 0) is 12.8 Å². The fourth-order valence-corrected chi connectivity index (χ4v) is 2.45. The number of hydrogen-bond acceptors (Lipinski definition) is 5. The van der Waals surface area contributed by atoms with Gasteiger partial charge in [0.1, 0.15) is 0 Å². The Morgan fingerprint density at radius 2 is 2.40 bits per heavy atom. The fraction of sp³-hybridized carbons (Fsp3) is 0.417. The Labute approximate surface area is 125 Å². The molecular formula is C12H16ClN5OS. The molecule has 0 aliphatic heterocycles.